The van der Waals surface area contributed by atoms with Crippen LogP contribution >= 0.6 is 11.5 Å². The van der Waals surface area contributed by atoms with Crippen molar-refractivity contribution < 1.29 is 4.79 Å². The molecule has 1 amide bonds. The number of nitrogens with one attached hydrogen (secondary N) is 2. The molecule has 0 aliphatic carbocycles. The van der Waals surface area contributed by atoms with Crippen LogP contribution in [0, 0.1) is 6.92 Å². The summed E-state index contributed by atoms with van der Waals surface area (Å²) >= 11 is 1.15. The molecule has 0 saturated carbocycles. The molecule has 2 rings (SSSR count). The quantitative estimate of drug-likeness (QED) is 0.862. The van der Waals surface area contributed by atoms with E-state index in [2.05, 4.69) is 25.0 Å². The van der Waals surface area contributed by atoms with E-state index in [0.29, 0.717) is 16.6 Å². The number of carbonyl (C=O) groups excluding carboxylic acids is 1. The van der Waals surface area contributed by atoms with Gasteiger partial charge in [-0.1, -0.05) is 0 Å². The maximum absolute atomic E-state index is 11.8. The molecule has 0 spiro atoms. The van der Waals surface area contributed by atoms with Gasteiger partial charge in [-0.3, -0.25) is 15.1 Å². The van der Waals surface area contributed by atoms with Crippen LogP contribution in [-0.2, 0) is 0 Å². The zero-order chi connectivity index (χ0) is 12.3. The van der Waals surface area contributed by atoms with Gasteiger partial charge in [0.2, 0.25) is 5.13 Å². The van der Waals surface area contributed by atoms with Gasteiger partial charge >= 0.3 is 0 Å². The number of hydrogen-bond donors (Lipinski definition) is 2. The number of pyridine rings is 1. The van der Waals surface area contributed by atoms with Gasteiger partial charge in [-0.2, -0.15) is 4.37 Å². The van der Waals surface area contributed by atoms with Crippen LogP contribution in [0.4, 0.5) is 10.8 Å². The van der Waals surface area contributed by atoms with E-state index in [9.17, 15) is 4.79 Å². The molecule has 7 heteroatoms. The lowest BCUT2D eigenvalue weighted by Crippen LogP contribution is -2.13. The van der Waals surface area contributed by atoms with Gasteiger partial charge in [-0.05, 0) is 19.1 Å². The van der Waals surface area contributed by atoms with E-state index in [1.165, 1.54) is 0 Å². The summed E-state index contributed by atoms with van der Waals surface area (Å²) in [7, 11) is 1.78. The average molecular weight is 249 g/mol. The van der Waals surface area contributed by atoms with E-state index >= 15 is 0 Å². The second kappa shape index (κ2) is 4.88. The predicted octanol–water partition coefficient (Wildman–Crippen LogP) is 1.54. The molecule has 2 heterocycles. The lowest BCUT2D eigenvalue weighted by Gasteiger charge is -2.03. The number of hydrogen-bond acceptors (Lipinski definition) is 6. The van der Waals surface area contributed by atoms with Gasteiger partial charge in [0.25, 0.3) is 5.91 Å². The van der Waals surface area contributed by atoms with E-state index < -0.39 is 0 Å². The Labute approximate surface area is 102 Å². The summed E-state index contributed by atoms with van der Waals surface area (Å²) < 4.78 is 3.98. The lowest BCUT2D eigenvalue weighted by molar-refractivity contribution is 0.102. The topological polar surface area (TPSA) is 79.8 Å². The Bertz CT molecular complexity index is 539. The smallest absolute Gasteiger partial charge is 0.276 e. The van der Waals surface area contributed by atoms with Gasteiger partial charge in [-0.25, -0.2) is 4.98 Å². The third kappa shape index (κ3) is 2.76. The SMILES string of the molecule is CNc1ccnc(C(=O)Nc2nc(C)ns2)c1. The molecular formula is C10H11N5OS. The van der Waals surface area contributed by atoms with Crippen molar-refractivity contribution in [2.45, 2.75) is 6.92 Å². The number of aromatic nitrogens is 3. The Balaban J connectivity index is 2.14. The summed E-state index contributed by atoms with van der Waals surface area (Å²) in [6.07, 6.45) is 1.58. The van der Waals surface area contributed by atoms with Crippen molar-refractivity contribution in [3.8, 4) is 0 Å². The van der Waals surface area contributed by atoms with E-state index in [0.717, 1.165) is 17.2 Å². The Morgan fingerprint density at radius 1 is 1.47 bits per heavy atom. The minimum Gasteiger partial charge on any atom is -0.388 e. The maximum Gasteiger partial charge on any atom is 0.276 e. The monoisotopic (exact) mass is 249 g/mol. The van der Waals surface area contributed by atoms with Gasteiger partial charge in [0.1, 0.15) is 11.5 Å². The largest absolute Gasteiger partial charge is 0.388 e. The van der Waals surface area contributed by atoms with Crippen LogP contribution in [0.1, 0.15) is 16.3 Å². The summed E-state index contributed by atoms with van der Waals surface area (Å²) in [5.41, 5.74) is 1.17. The predicted molar refractivity (Wildman–Crippen MR) is 66.4 cm³/mol. The van der Waals surface area contributed by atoms with Crippen LogP contribution in [0.15, 0.2) is 18.3 Å². The van der Waals surface area contributed by atoms with Crippen LogP contribution in [0.3, 0.4) is 0 Å². The Hall–Kier alpha value is -2.02. The van der Waals surface area contributed by atoms with Crippen molar-refractivity contribution in [3.63, 3.8) is 0 Å². The van der Waals surface area contributed by atoms with Crippen molar-refractivity contribution in [2.75, 3.05) is 17.7 Å². The van der Waals surface area contributed by atoms with Crippen LogP contribution in [-0.4, -0.2) is 27.3 Å². The fraction of sp³-hybridized carbons (Fsp3) is 0.200. The van der Waals surface area contributed by atoms with Crippen molar-refractivity contribution in [1.82, 2.24) is 14.3 Å². The first-order valence-corrected chi connectivity index (χ1v) is 5.72. The van der Waals surface area contributed by atoms with E-state index in [-0.39, 0.29) is 5.91 Å². The Morgan fingerprint density at radius 3 is 2.94 bits per heavy atom. The summed E-state index contributed by atoms with van der Waals surface area (Å²) in [5, 5.41) is 6.07. The molecule has 2 aromatic rings. The minimum atomic E-state index is -0.293. The first kappa shape index (κ1) is 11.5. The van der Waals surface area contributed by atoms with Crippen molar-refractivity contribution in [2.24, 2.45) is 0 Å². The fourth-order valence-corrected chi connectivity index (χ4v) is 1.79. The van der Waals surface area contributed by atoms with E-state index in [1.807, 2.05) is 0 Å². The highest BCUT2D eigenvalue weighted by Gasteiger charge is 2.10. The Kier molecular flexibility index (Phi) is 3.29. The molecule has 17 heavy (non-hydrogen) atoms. The van der Waals surface area contributed by atoms with E-state index in [4.69, 9.17) is 0 Å². The van der Waals surface area contributed by atoms with Crippen LogP contribution < -0.4 is 10.6 Å². The minimum absolute atomic E-state index is 0.293. The molecule has 0 radical (unpaired) electrons. The third-order valence-corrected chi connectivity index (χ3v) is 2.75. The Morgan fingerprint density at radius 2 is 2.29 bits per heavy atom. The molecule has 0 saturated heterocycles. The summed E-state index contributed by atoms with van der Waals surface area (Å²) in [5.74, 6) is 0.348. The van der Waals surface area contributed by atoms with Gasteiger partial charge < -0.3 is 5.32 Å². The number of nitrogens with zero attached hydrogens (tertiary/aromatic N) is 3. The molecule has 0 fully saturated rings. The van der Waals surface area contributed by atoms with Gasteiger partial charge in [-0.15, -0.1) is 0 Å². The zero-order valence-electron chi connectivity index (χ0n) is 9.39. The van der Waals surface area contributed by atoms with Crippen molar-refractivity contribution in [1.29, 1.82) is 0 Å². The maximum atomic E-state index is 11.8. The summed E-state index contributed by atoms with van der Waals surface area (Å²) in [6, 6.07) is 3.45. The molecule has 6 nitrogen and oxygen atoms in total. The third-order valence-electron chi connectivity index (χ3n) is 2.03. The molecule has 2 aromatic heterocycles. The molecule has 2 N–H and O–H groups in total. The van der Waals surface area contributed by atoms with E-state index in [1.54, 1.807) is 32.3 Å². The molecule has 88 valence electrons. The number of aryl methyl sites for hydroxylation is 1. The first-order chi connectivity index (χ1) is 8.19. The second-order valence-corrected chi connectivity index (χ2v) is 4.03. The zero-order valence-corrected chi connectivity index (χ0v) is 10.2. The fourth-order valence-electron chi connectivity index (χ4n) is 1.22. The van der Waals surface area contributed by atoms with Crippen molar-refractivity contribution in [3.05, 3.63) is 29.8 Å². The van der Waals surface area contributed by atoms with Gasteiger partial charge in [0, 0.05) is 30.5 Å². The standard InChI is InChI=1S/C10H11N5OS/c1-6-13-10(17-15-6)14-9(16)8-5-7(11-2)3-4-12-8/h3-5H,1-2H3,(H,11,12)(H,13,14,15,16). The van der Waals surface area contributed by atoms with Crippen molar-refractivity contribution >= 4 is 28.3 Å². The molecular weight excluding hydrogens is 238 g/mol. The second-order valence-electron chi connectivity index (χ2n) is 3.28. The number of carbonyl (C=O) groups is 1. The average Bonchev–Trinajstić information content (AvgIpc) is 2.75. The van der Waals surface area contributed by atoms with Gasteiger partial charge in [0.15, 0.2) is 0 Å². The highest BCUT2D eigenvalue weighted by molar-refractivity contribution is 7.09. The number of rotatable bonds is 3. The number of amides is 1. The molecule has 0 bridgehead atoms. The normalized spacial score (nSPS) is 10.0. The van der Waals surface area contributed by atoms with Crippen LogP contribution in [0.25, 0.3) is 0 Å². The van der Waals surface area contributed by atoms with Crippen LogP contribution in [0.2, 0.25) is 0 Å². The van der Waals surface area contributed by atoms with Crippen LogP contribution in [0.5, 0.6) is 0 Å². The summed E-state index contributed by atoms with van der Waals surface area (Å²) in [6.45, 7) is 1.77. The number of anilines is 2. The lowest BCUT2D eigenvalue weighted by atomic mass is 10.3. The first-order valence-electron chi connectivity index (χ1n) is 4.94. The molecule has 0 atom stereocenters. The molecule has 0 aliphatic rings. The highest BCUT2D eigenvalue weighted by atomic mass is 32.1. The molecule has 0 aliphatic heterocycles. The highest BCUT2D eigenvalue weighted by Crippen LogP contribution is 2.13. The molecule has 0 aromatic carbocycles. The summed E-state index contributed by atoms with van der Waals surface area (Å²) in [4.78, 5) is 19.9. The van der Waals surface area contributed by atoms with Gasteiger partial charge in [0.05, 0.1) is 0 Å². The molecule has 0 unspecified atom stereocenters.